The average Bonchev–Trinajstić information content (AvgIpc) is 2.53. The number of piperazine rings is 1. The number of nitrogens with one attached hydrogen (secondary N) is 1. The Morgan fingerprint density at radius 2 is 1.96 bits per heavy atom. The van der Waals surface area contributed by atoms with Crippen molar-refractivity contribution in [2.45, 2.75) is 52.2 Å². The number of nitrogens with zero attached hydrogens (tertiary/aromatic N) is 2. The number of nitriles is 1. The van der Waals surface area contributed by atoms with Gasteiger partial charge in [-0.1, -0.05) is 13.8 Å². The van der Waals surface area contributed by atoms with Crippen LogP contribution in [0.25, 0.3) is 0 Å². The average molecular weight is 316 g/mol. The zero-order chi connectivity index (χ0) is 16.6. The van der Waals surface area contributed by atoms with E-state index >= 15 is 0 Å². The van der Waals surface area contributed by atoms with Gasteiger partial charge in [0.25, 0.3) is 5.82 Å². The van der Waals surface area contributed by atoms with E-state index in [1.54, 1.807) is 0 Å². The predicted octanol–water partition coefficient (Wildman–Crippen LogP) is 0.730. The second-order valence-electron chi connectivity index (χ2n) is 7.56. The molecule has 0 spiro atoms. The monoisotopic (exact) mass is 316 g/mol. The smallest absolute Gasteiger partial charge is 0.293 e. The Bertz CT molecular complexity index is 639. The minimum Gasteiger partial charge on any atom is -0.370 e. The summed E-state index contributed by atoms with van der Waals surface area (Å²) in [6.07, 6.45) is 0.798. The highest BCUT2D eigenvalue weighted by atomic mass is 16.5. The Kier molecular flexibility index (Phi) is 4.31. The van der Waals surface area contributed by atoms with Gasteiger partial charge in [0.2, 0.25) is 0 Å². The quantitative estimate of drug-likeness (QED) is 0.875. The van der Waals surface area contributed by atoms with Gasteiger partial charge in [-0.15, -0.1) is 0 Å². The highest BCUT2D eigenvalue weighted by Gasteiger charge is 2.36. The molecule has 0 unspecified atom stereocenters. The van der Waals surface area contributed by atoms with Crippen LogP contribution in [0.15, 0.2) is 0 Å². The number of H-pyrrole nitrogens is 1. The van der Waals surface area contributed by atoms with Crippen LogP contribution in [0.5, 0.6) is 0 Å². The minimum atomic E-state index is -0.207. The van der Waals surface area contributed by atoms with Gasteiger partial charge in [0.05, 0.1) is 12.2 Å². The van der Waals surface area contributed by atoms with Gasteiger partial charge >= 0.3 is 0 Å². The largest absolute Gasteiger partial charge is 0.370 e. The molecule has 1 saturated heterocycles. The van der Waals surface area contributed by atoms with Crippen molar-refractivity contribution >= 4 is 5.82 Å². The van der Waals surface area contributed by atoms with Crippen LogP contribution in [-0.2, 0) is 17.8 Å². The first-order valence-corrected chi connectivity index (χ1v) is 8.64. The van der Waals surface area contributed by atoms with Crippen LogP contribution in [0.2, 0.25) is 0 Å². The Balaban J connectivity index is 2.16. The summed E-state index contributed by atoms with van der Waals surface area (Å²) < 4.78 is 6.02. The van der Waals surface area contributed by atoms with Crippen molar-refractivity contribution in [2.24, 2.45) is 0 Å². The first-order valence-electron chi connectivity index (χ1n) is 8.64. The summed E-state index contributed by atoms with van der Waals surface area (Å²) in [6.45, 7) is 13.4. The molecular formula is C18H28N4O+2. The number of hydrogen-bond donors (Lipinski definition) is 1. The van der Waals surface area contributed by atoms with Crippen molar-refractivity contribution in [2.75, 3.05) is 31.1 Å². The van der Waals surface area contributed by atoms with Gasteiger partial charge in [-0.25, -0.2) is 9.88 Å². The minimum absolute atomic E-state index is 0.207. The summed E-state index contributed by atoms with van der Waals surface area (Å²) in [5.41, 5.74) is 4.22. The van der Waals surface area contributed by atoms with E-state index in [9.17, 15) is 5.26 Å². The fraction of sp³-hybridized carbons (Fsp3) is 0.667. The molecule has 5 heteroatoms. The van der Waals surface area contributed by atoms with Gasteiger partial charge in [0.15, 0.2) is 0 Å². The van der Waals surface area contributed by atoms with Crippen molar-refractivity contribution in [1.29, 1.82) is 5.26 Å². The molecule has 5 nitrogen and oxygen atoms in total. The van der Waals surface area contributed by atoms with Crippen molar-refractivity contribution in [3.8, 4) is 6.07 Å². The Morgan fingerprint density at radius 1 is 1.26 bits per heavy atom. The summed E-state index contributed by atoms with van der Waals surface area (Å²) in [5, 5.41) is 12.2. The van der Waals surface area contributed by atoms with Crippen LogP contribution in [0, 0.1) is 11.3 Å². The summed E-state index contributed by atoms with van der Waals surface area (Å²) in [6, 6.07) is 2.49. The molecule has 0 bridgehead atoms. The van der Waals surface area contributed by atoms with E-state index in [4.69, 9.17) is 4.74 Å². The topological polar surface area (TPSA) is 67.0 Å². The van der Waals surface area contributed by atoms with Crippen LogP contribution in [0.3, 0.4) is 0 Å². The molecule has 0 amide bonds. The molecule has 3 heterocycles. The standard InChI is InChI=1S/C18H26N4O/c1-12(2)16-15-11-23-18(3,4)9-13(15)14(10-19)17(21-16)22-7-5-20-6-8-22/h12,20H,5-9,11H2,1-4H3/p+2. The van der Waals surface area contributed by atoms with Crippen LogP contribution < -0.4 is 15.2 Å². The zero-order valence-electron chi connectivity index (χ0n) is 14.7. The molecule has 0 atom stereocenters. The molecule has 1 fully saturated rings. The number of hydrogen-bond acceptors (Lipinski definition) is 3. The third-order valence-electron chi connectivity index (χ3n) is 4.90. The fourth-order valence-electron chi connectivity index (χ4n) is 3.65. The van der Waals surface area contributed by atoms with E-state index in [1.165, 1.54) is 16.8 Å². The highest BCUT2D eigenvalue weighted by molar-refractivity contribution is 5.58. The maximum Gasteiger partial charge on any atom is 0.293 e. The SMILES string of the molecule is CC(C)c1[nH+]c(N2CC[NH2+]CC2)c(C#N)c2c1COC(C)(C)C2. The molecule has 2 aliphatic heterocycles. The number of aromatic amines is 1. The van der Waals surface area contributed by atoms with Crippen LogP contribution in [0.1, 0.15) is 56.0 Å². The Labute approximate surface area is 138 Å². The van der Waals surface area contributed by atoms with E-state index in [0.717, 1.165) is 44.0 Å². The van der Waals surface area contributed by atoms with Crippen LogP contribution >= 0.6 is 0 Å². The van der Waals surface area contributed by atoms with Crippen molar-refractivity contribution in [1.82, 2.24) is 0 Å². The third-order valence-corrected chi connectivity index (χ3v) is 4.90. The first kappa shape index (κ1) is 16.2. The van der Waals surface area contributed by atoms with Gasteiger partial charge in [0.1, 0.15) is 43.5 Å². The maximum atomic E-state index is 9.86. The molecule has 1 aromatic heterocycles. The maximum absolute atomic E-state index is 9.86. The molecule has 0 aliphatic carbocycles. The van der Waals surface area contributed by atoms with Gasteiger partial charge in [-0.2, -0.15) is 5.26 Å². The third kappa shape index (κ3) is 3.06. The number of ether oxygens (including phenoxy) is 1. The van der Waals surface area contributed by atoms with Crippen molar-refractivity contribution in [3.63, 3.8) is 0 Å². The number of nitrogens with two attached hydrogens (primary N) is 1. The van der Waals surface area contributed by atoms with Crippen LogP contribution in [0.4, 0.5) is 5.82 Å². The number of quaternary nitrogens is 1. The molecule has 23 heavy (non-hydrogen) atoms. The van der Waals surface area contributed by atoms with E-state index in [0.29, 0.717) is 12.5 Å². The lowest BCUT2D eigenvalue weighted by Gasteiger charge is -2.34. The normalized spacial score (nSPS) is 20.3. The second-order valence-corrected chi connectivity index (χ2v) is 7.56. The first-order chi connectivity index (χ1) is 10.9. The summed E-state index contributed by atoms with van der Waals surface area (Å²) in [4.78, 5) is 5.94. The summed E-state index contributed by atoms with van der Waals surface area (Å²) in [7, 11) is 0. The van der Waals surface area contributed by atoms with Gasteiger partial charge in [-0.05, 0) is 19.4 Å². The van der Waals surface area contributed by atoms with Gasteiger partial charge in [-0.3, -0.25) is 0 Å². The zero-order valence-corrected chi connectivity index (χ0v) is 14.7. The predicted molar refractivity (Wildman–Crippen MR) is 88.2 cm³/mol. The summed E-state index contributed by atoms with van der Waals surface area (Å²) in [5.74, 6) is 1.40. The van der Waals surface area contributed by atoms with E-state index < -0.39 is 0 Å². The number of rotatable bonds is 2. The molecule has 1 aromatic rings. The lowest BCUT2D eigenvalue weighted by atomic mass is 9.86. The number of aromatic nitrogens is 1. The highest BCUT2D eigenvalue weighted by Crippen LogP contribution is 2.35. The van der Waals surface area contributed by atoms with Crippen molar-refractivity contribution < 1.29 is 15.0 Å². The molecule has 3 rings (SSSR count). The molecule has 124 valence electrons. The lowest BCUT2D eigenvalue weighted by Crippen LogP contribution is -2.90. The molecular weight excluding hydrogens is 288 g/mol. The summed E-state index contributed by atoms with van der Waals surface area (Å²) >= 11 is 0. The fourth-order valence-corrected chi connectivity index (χ4v) is 3.65. The van der Waals surface area contributed by atoms with Gasteiger partial charge in [0, 0.05) is 17.9 Å². The molecule has 0 saturated carbocycles. The number of pyridine rings is 1. The molecule has 2 aliphatic rings. The number of anilines is 1. The lowest BCUT2D eigenvalue weighted by molar-refractivity contribution is -0.656. The van der Waals surface area contributed by atoms with Crippen LogP contribution in [-0.4, -0.2) is 31.8 Å². The van der Waals surface area contributed by atoms with E-state index in [2.05, 4.69) is 49.0 Å². The van der Waals surface area contributed by atoms with Gasteiger partial charge < -0.3 is 10.1 Å². The number of fused-ring (bicyclic) bond motifs is 1. The van der Waals surface area contributed by atoms with E-state index in [-0.39, 0.29) is 5.60 Å². The second kappa shape index (κ2) is 6.10. The van der Waals surface area contributed by atoms with E-state index in [1.807, 2.05) is 0 Å². The van der Waals surface area contributed by atoms with Crippen molar-refractivity contribution in [3.05, 3.63) is 22.4 Å². The molecule has 0 radical (unpaired) electrons. The Hall–Kier alpha value is -1.64. The molecule has 3 N–H and O–H groups in total. The molecule has 0 aromatic carbocycles. The Morgan fingerprint density at radius 3 is 2.57 bits per heavy atom.